The summed E-state index contributed by atoms with van der Waals surface area (Å²) in [5.74, 6) is 1.65. The summed E-state index contributed by atoms with van der Waals surface area (Å²) in [5.41, 5.74) is 1.21. The average molecular weight is 300 g/mol. The maximum atomic E-state index is 6.30. The third-order valence-corrected chi connectivity index (χ3v) is 4.81. The second kappa shape index (κ2) is 6.97. The molecule has 0 amide bonds. The van der Waals surface area contributed by atoms with Gasteiger partial charge < -0.3 is 5.32 Å². The van der Waals surface area contributed by atoms with Crippen LogP contribution in [0.4, 0.5) is 0 Å². The smallest absolute Gasteiger partial charge is 0.0453 e. The molecule has 19 heavy (non-hydrogen) atoms. The number of halogens is 2. The first-order valence-electron chi connectivity index (χ1n) is 7.27. The van der Waals surface area contributed by atoms with Gasteiger partial charge >= 0.3 is 0 Å². The molecule has 0 radical (unpaired) electrons. The zero-order chi connectivity index (χ0) is 13.8. The second-order valence-corrected chi connectivity index (χ2v) is 6.63. The highest BCUT2D eigenvalue weighted by atomic mass is 35.5. The molecule has 0 spiro atoms. The fourth-order valence-corrected chi connectivity index (χ4v) is 3.69. The first kappa shape index (κ1) is 15.2. The van der Waals surface area contributed by atoms with Crippen LogP contribution in [0, 0.1) is 11.8 Å². The third-order valence-electron chi connectivity index (χ3n) is 4.23. The van der Waals surface area contributed by atoms with E-state index in [1.54, 1.807) is 0 Å². The Balaban J connectivity index is 2.07. The van der Waals surface area contributed by atoms with Crippen molar-refractivity contribution in [2.75, 3.05) is 6.54 Å². The third kappa shape index (κ3) is 4.11. The molecule has 2 rings (SSSR count). The molecule has 1 aromatic carbocycles. The zero-order valence-corrected chi connectivity index (χ0v) is 13.3. The molecule has 0 saturated heterocycles. The highest BCUT2D eigenvalue weighted by Gasteiger charge is 2.28. The van der Waals surface area contributed by atoms with Crippen LogP contribution in [0.2, 0.25) is 10.0 Å². The minimum atomic E-state index is 0.536. The molecule has 3 atom stereocenters. The molecule has 106 valence electrons. The minimum absolute atomic E-state index is 0.536. The number of hydrogen-bond acceptors (Lipinski definition) is 1. The van der Waals surface area contributed by atoms with Crippen molar-refractivity contribution in [3.63, 3.8) is 0 Å². The normalized spacial score (nSPS) is 24.6. The van der Waals surface area contributed by atoms with E-state index in [1.807, 2.05) is 12.1 Å². The summed E-state index contributed by atoms with van der Waals surface area (Å²) in [6.07, 6.45) is 5.04. The summed E-state index contributed by atoms with van der Waals surface area (Å²) in [6, 6.07) is 6.38. The van der Waals surface area contributed by atoms with Gasteiger partial charge in [-0.1, -0.05) is 49.5 Å². The lowest BCUT2D eigenvalue weighted by atomic mass is 9.91. The molecule has 1 fully saturated rings. The summed E-state index contributed by atoms with van der Waals surface area (Å²) in [7, 11) is 0. The van der Waals surface area contributed by atoms with Crippen LogP contribution in [0.1, 0.15) is 38.7 Å². The lowest BCUT2D eigenvalue weighted by molar-refractivity contribution is 0.354. The number of rotatable bonds is 5. The first-order chi connectivity index (χ1) is 9.10. The molecule has 0 aliphatic heterocycles. The van der Waals surface area contributed by atoms with Crippen molar-refractivity contribution in [2.45, 2.75) is 45.6 Å². The van der Waals surface area contributed by atoms with Crippen molar-refractivity contribution >= 4 is 23.2 Å². The monoisotopic (exact) mass is 299 g/mol. The Kier molecular flexibility index (Phi) is 5.56. The molecular weight excluding hydrogens is 277 g/mol. The van der Waals surface area contributed by atoms with Gasteiger partial charge in [-0.2, -0.15) is 0 Å². The number of nitrogens with one attached hydrogen (secondary N) is 1. The van der Waals surface area contributed by atoms with Gasteiger partial charge in [-0.25, -0.2) is 0 Å². The lowest BCUT2D eigenvalue weighted by Gasteiger charge is -2.25. The van der Waals surface area contributed by atoms with E-state index in [2.05, 4.69) is 25.2 Å². The SMILES string of the molecule is CCNC(Cc1ccc(Cl)cc1Cl)C1CCC(C)C1. The van der Waals surface area contributed by atoms with Crippen LogP contribution in [-0.4, -0.2) is 12.6 Å². The van der Waals surface area contributed by atoms with Crippen molar-refractivity contribution in [1.29, 1.82) is 0 Å². The van der Waals surface area contributed by atoms with E-state index in [0.29, 0.717) is 11.1 Å². The first-order valence-corrected chi connectivity index (χ1v) is 8.03. The highest BCUT2D eigenvalue weighted by molar-refractivity contribution is 6.35. The summed E-state index contributed by atoms with van der Waals surface area (Å²) >= 11 is 12.3. The molecule has 1 saturated carbocycles. The van der Waals surface area contributed by atoms with Gasteiger partial charge in [0.05, 0.1) is 0 Å². The average Bonchev–Trinajstić information content (AvgIpc) is 2.78. The highest BCUT2D eigenvalue weighted by Crippen LogP contribution is 2.34. The molecule has 0 heterocycles. The van der Waals surface area contributed by atoms with Gasteiger partial charge in [0, 0.05) is 16.1 Å². The zero-order valence-electron chi connectivity index (χ0n) is 11.8. The largest absolute Gasteiger partial charge is 0.314 e. The van der Waals surface area contributed by atoms with Crippen molar-refractivity contribution in [2.24, 2.45) is 11.8 Å². The van der Waals surface area contributed by atoms with Crippen LogP contribution in [0.25, 0.3) is 0 Å². The van der Waals surface area contributed by atoms with Crippen LogP contribution < -0.4 is 5.32 Å². The van der Waals surface area contributed by atoms with Crippen LogP contribution in [0.15, 0.2) is 18.2 Å². The molecule has 0 aromatic heterocycles. The van der Waals surface area contributed by atoms with Gasteiger partial charge in [0.1, 0.15) is 0 Å². The van der Waals surface area contributed by atoms with Crippen LogP contribution >= 0.6 is 23.2 Å². The molecule has 1 aromatic rings. The van der Waals surface area contributed by atoms with Crippen molar-refractivity contribution in [3.8, 4) is 0 Å². The molecule has 3 unspecified atom stereocenters. The minimum Gasteiger partial charge on any atom is -0.314 e. The van der Waals surface area contributed by atoms with E-state index in [4.69, 9.17) is 23.2 Å². The fourth-order valence-electron chi connectivity index (χ4n) is 3.21. The van der Waals surface area contributed by atoms with Gasteiger partial charge in [-0.05, 0) is 55.3 Å². The topological polar surface area (TPSA) is 12.0 Å². The quantitative estimate of drug-likeness (QED) is 0.811. The lowest BCUT2D eigenvalue weighted by Crippen LogP contribution is -2.37. The van der Waals surface area contributed by atoms with Crippen molar-refractivity contribution in [1.82, 2.24) is 5.32 Å². The van der Waals surface area contributed by atoms with Crippen LogP contribution in [0.3, 0.4) is 0 Å². The maximum absolute atomic E-state index is 6.30. The molecule has 1 aliphatic rings. The van der Waals surface area contributed by atoms with E-state index < -0.39 is 0 Å². The van der Waals surface area contributed by atoms with Gasteiger partial charge in [0.25, 0.3) is 0 Å². The molecule has 1 N–H and O–H groups in total. The second-order valence-electron chi connectivity index (χ2n) is 5.78. The predicted molar refractivity (Wildman–Crippen MR) is 84.1 cm³/mol. The molecule has 1 nitrogen and oxygen atoms in total. The Bertz CT molecular complexity index is 419. The summed E-state index contributed by atoms with van der Waals surface area (Å²) < 4.78 is 0. The van der Waals surface area contributed by atoms with E-state index >= 15 is 0 Å². The van der Waals surface area contributed by atoms with Gasteiger partial charge in [0.2, 0.25) is 0 Å². The van der Waals surface area contributed by atoms with E-state index in [-0.39, 0.29) is 0 Å². The standard InChI is InChI=1S/C16H23Cl2N/c1-3-19-16(13-5-4-11(2)8-13)9-12-6-7-14(17)10-15(12)18/h6-7,10-11,13,16,19H,3-5,8-9H2,1-2H3. The summed E-state index contributed by atoms with van der Waals surface area (Å²) in [5, 5.41) is 5.15. The Morgan fingerprint density at radius 1 is 1.32 bits per heavy atom. The van der Waals surface area contributed by atoms with E-state index in [9.17, 15) is 0 Å². The molecule has 3 heteroatoms. The summed E-state index contributed by atoms with van der Waals surface area (Å²) in [4.78, 5) is 0. The fraction of sp³-hybridized carbons (Fsp3) is 0.625. The Hall–Kier alpha value is -0.240. The number of likely N-dealkylation sites (N-methyl/N-ethyl adjacent to an activating group) is 1. The van der Waals surface area contributed by atoms with E-state index in [1.165, 1.54) is 24.8 Å². The maximum Gasteiger partial charge on any atom is 0.0453 e. The van der Waals surface area contributed by atoms with Crippen molar-refractivity contribution in [3.05, 3.63) is 33.8 Å². The summed E-state index contributed by atoms with van der Waals surface area (Å²) in [6.45, 7) is 5.55. The predicted octanol–water partition coefficient (Wildman–Crippen LogP) is 4.95. The number of hydrogen-bond donors (Lipinski definition) is 1. The number of benzene rings is 1. The van der Waals surface area contributed by atoms with Crippen LogP contribution in [-0.2, 0) is 6.42 Å². The Morgan fingerprint density at radius 2 is 2.11 bits per heavy atom. The van der Waals surface area contributed by atoms with Gasteiger partial charge in [-0.15, -0.1) is 0 Å². The molecule has 1 aliphatic carbocycles. The van der Waals surface area contributed by atoms with Crippen molar-refractivity contribution < 1.29 is 0 Å². The van der Waals surface area contributed by atoms with E-state index in [0.717, 1.165) is 29.8 Å². The molecular formula is C16H23Cl2N. The Labute approximate surface area is 126 Å². The molecule has 0 bridgehead atoms. The Morgan fingerprint density at radius 3 is 2.68 bits per heavy atom. The van der Waals surface area contributed by atoms with Gasteiger partial charge in [-0.3, -0.25) is 0 Å². The van der Waals surface area contributed by atoms with Crippen LogP contribution in [0.5, 0.6) is 0 Å². The van der Waals surface area contributed by atoms with Gasteiger partial charge in [0.15, 0.2) is 0 Å².